The molecule has 0 aliphatic carbocycles. The molecule has 0 radical (unpaired) electrons. The first-order valence-electron chi connectivity index (χ1n) is 2.24. The monoisotopic (exact) mass is 144 g/mol. The van der Waals surface area contributed by atoms with E-state index in [2.05, 4.69) is 4.18 Å². The van der Waals surface area contributed by atoms with Crippen LogP contribution < -0.4 is 0 Å². The van der Waals surface area contributed by atoms with Crippen molar-refractivity contribution < 1.29 is 14.1 Å². The first-order valence-corrected chi connectivity index (χ1v) is 2.98. The third-order valence-corrected chi connectivity index (χ3v) is 1.43. The molecule has 4 heteroatoms. The van der Waals surface area contributed by atoms with Crippen LogP contribution in [0.3, 0.4) is 0 Å². The van der Waals surface area contributed by atoms with Crippen LogP contribution in [0.4, 0.5) is 0 Å². The largest absolute Gasteiger partial charge is 0.477 e. The lowest BCUT2D eigenvalue weighted by Gasteiger charge is -2.01. The fraction of sp³-hybridized carbons (Fsp3) is 0. The summed E-state index contributed by atoms with van der Waals surface area (Å²) in [5, 5.41) is 8.34. The zero-order chi connectivity index (χ0) is 6.69. The Balaban J connectivity index is 2.68. The van der Waals surface area contributed by atoms with Crippen LogP contribution in [0.2, 0.25) is 0 Å². The smallest absolute Gasteiger partial charge is 0.345 e. The van der Waals surface area contributed by atoms with Crippen molar-refractivity contribution in [3.05, 3.63) is 23.3 Å². The molecule has 48 valence electrons. The number of hydrogen-bond donors (Lipinski definition) is 1. The van der Waals surface area contributed by atoms with Crippen molar-refractivity contribution in [1.82, 2.24) is 0 Å². The van der Waals surface area contributed by atoms with Crippen LogP contribution >= 0.6 is 12.0 Å². The van der Waals surface area contributed by atoms with Gasteiger partial charge in [0.1, 0.15) is 11.2 Å². The number of carboxylic acid groups (broad SMARTS) is 1. The Labute approximate surface area is 56.2 Å². The highest BCUT2D eigenvalue weighted by Crippen LogP contribution is 2.20. The van der Waals surface area contributed by atoms with Crippen LogP contribution in [0.25, 0.3) is 0 Å². The predicted octanol–water partition coefficient (Wildman–Crippen LogP) is 1.15. The molecule has 0 amide bonds. The number of rotatable bonds is 1. The molecule has 0 aromatic carbocycles. The van der Waals surface area contributed by atoms with E-state index in [4.69, 9.17) is 5.11 Å². The molecule has 0 unspecified atom stereocenters. The lowest BCUT2D eigenvalue weighted by atomic mass is 10.5. The van der Waals surface area contributed by atoms with Gasteiger partial charge in [-0.15, -0.1) is 0 Å². The molecular weight excluding hydrogens is 140 g/mol. The van der Waals surface area contributed by atoms with Gasteiger partial charge in [0.25, 0.3) is 0 Å². The van der Waals surface area contributed by atoms with E-state index >= 15 is 0 Å². The summed E-state index contributed by atoms with van der Waals surface area (Å²) < 4.78 is 4.63. The maximum atomic E-state index is 10.2. The van der Waals surface area contributed by atoms with Gasteiger partial charge in [-0.25, -0.2) is 4.79 Å². The lowest BCUT2D eigenvalue weighted by molar-refractivity contribution is -0.131. The number of carbonyl (C=O) groups is 1. The van der Waals surface area contributed by atoms with Crippen LogP contribution in [0.5, 0.6) is 0 Å². The Morgan fingerprint density at radius 1 is 1.78 bits per heavy atom. The van der Waals surface area contributed by atoms with E-state index in [9.17, 15) is 4.79 Å². The van der Waals surface area contributed by atoms with Gasteiger partial charge in [-0.1, -0.05) is 0 Å². The molecule has 0 spiro atoms. The molecule has 3 nitrogen and oxygen atoms in total. The molecule has 9 heavy (non-hydrogen) atoms. The van der Waals surface area contributed by atoms with Gasteiger partial charge in [-0.3, -0.25) is 0 Å². The van der Waals surface area contributed by atoms with Crippen molar-refractivity contribution in [2.24, 2.45) is 0 Å². The molecule has 0 atom stereocenters. The Bertz CT molecular complexity index is 183. The summed E-state index contributed by atoms with van der Waals surface area (Å²) in [5.41, 5.74) is 0. The van der Waals surface area contributed by atoms with Crippen LogP contribution in [-0.4, -0.2) is 11.1 Å². The summed E-state index contributed by atoms with van der Waals surface area (Å²) in [4.78, 5) is 10.4. The molecule has 0 fully saturated rings. The van der Waals surface area contributed by atoms with E-state index in [1.807, 2.05) is 0 Å². The fourth-order valence-electron chi connectivity index (χ4n) is 0.373. The summed E-state index contributed by atoms with van der Waals surface area (Å²) in [6.45, 7) is 0. The van der Waals surface area contributed by atoms with Crippen molar-refractivity contribution >= 4 is 18.0 Å². The summed E-state index contributed by atoms with van der Waals surface area (Å²) in [6.07, 6.45) is 4.45. The average molecular weight is 144 g/mol. The van der Waals surface area contributed by atoms with Gasteiger partial charge in [0.2, 0.25) is 0 Å². The third kappa shape index (κ3) is 1.50. The highest BCUT2D eigenvalue weighted by molar-refractivity contribution is 7.99. The predicted molar refractivity (Wildman–Crippen MR) is 33.5 cm³/mol. The highest BCUT2D eigenvalue weighted by Gasteiger charge is 2.09. The minimum Gasteiger partial charge on any atom is -0.477 e. The molecule has 1 heterocycles. The van der Waals surface area contributed by atoms with E-state index in [0.717, 1.165) is 12.0 Å². The fourth-order valence-corrected chi connectivity index (χ4v) is 0.802. The van der Waals surface area contributed by atoms with Gasteiger partial charge in [0.05, 0.1) is 12.0 Å². The Morgan fingerprint density at radius 2 is 2.56 bits per heavy atom. The molecule has 0 aromatic heterocycles. The number of allylic oxidation sites excluding steroid dienone is 2. The van der Waals surface area contributed by atoms with Crippen molar-refractivity contribution in [3.63, 3.8) is 0 Å². The van der Waals surface area contributed by atoms with Crippen LogP contribution in [-0.2, 0) is 8.98 Å². The van der Waals surface area contributed by atoms with E-state index < -0.39 is 5.97 Å². The second-order valence-electron chi connectivity index (χ2n) is 1.34. The van der Waals surface area contributed by atoms with Gasteiger partial charge < -0.3 is 9.29 Å². The van der Waals surface area contributed by atoms with Crippen molar-refractivity contribution in [3.8, 4) is 0 Å². The van der Waals surface area contributed by atoms with Gasteiger partial charge in [-0.2, -0.15) is 0 Å². The van der Waals surface area contributed by atoms with Crippen LogP contribution in [0, 0.1) is 0 Å². The molecule has 0 bridgehead atoms. The quantitative estimate of drug-likeness (QED) is 0.561. The first kappa shape index (κ1) is 6.22. The summed E-state index contributed by atoms with van der Waals surface area (Å²) >= 11 is 0.846. The van der Waals surface area contributed by atoms with Gasteiger partial charge in [0, 0.05) is 0 Å². The first-order chi connectivity index (χ1) is 4.30. The van der Waals surface area contributed by atoms with Crippen molar-refractivity contribution in [1.29, 1.82) is 0 Å². The molecule has 1 rings (SSSR count). The van der Waals surface area contributed by atoms with E-state index in [1.165, 1.54) is 12.3 Å². The summed E-state index contributed by atoms with van der Waals surface area (Å²) in [7, 11) is 0. The normalized spacial score (nSPS) is 16.2. The molecule has 1 aliphatic rings. The average Bonchev–Trinajstić information content (AvgIpc) is 1.90. The van der Waals surface area contributed by atoms with Crippen LogP contribution in [0.15, 0.2) is 23.3 Å². The second kappa shape index (κ2) is 2.59. The zero-order valence-electron chi connectivity index (χ0n) is 4.40. The number of carboxylic acids is 1. The topological polar surface area (TPSA) is 46.5 Å². The second-order valence-corrected chi connectivity index (χ2v) is 2.14. The van der Waals surface area contributed by atoms with Crippen molar-refractivity contribution in [2.75, 3.05) is 0 Å². The zero-order valence-corrected chi connectivity index (χ0v) is 5.22. The lowest BCUT2D eigenvalue weighted by Crippen LogP contribution is -1.97. The maximum absolute atomic E-state index is 10.2. The minimum atomic E-state index is -0.954. The molecule has 1 aliphatic heterocycles. The van der Waals surface area contributed by atoms with E-state index in [0.29, 0.717) is 0 Å². The number of aliphatic carboxylic acids is 1. The van der Waals surface area contributed by atoms with Gasteiger partial charge in [0.15, 0.2) is 0 Å². The maximum Gasteiger partial charge on any atom is 0.345 e. The third-order valence-electron chi connectivity index (χ3n) is 0.730. The van der Waals surface area contributed by atoms with Gasteiger partial charge in [-0.05, 0) is 12.2 Å². The summed E-state index contributed by atoms with van der Waals surface area (Å²) in [5.74, 6) is -0.954. The standard InChI is InChI=1S/C5H4O3S/c6-5(7)4-2-1-3-8-9-4/h1-3H,(H,6,7). The Kier molecular flexibility index (Phi) is 1.79. The minimum absolute atomic E-state index is 0.206. The SMILES string of the molecule is O=C(O)C1=CC=COS1. The number of hydrogen-bond acceptors (Lipinski definition) is 3. The molecule has 0 aromatic rings. The van der Waals surface area contributed by atoms with E-state index in [1.54, 1.807) is 6.08 Å². The molecule has 1 N–H and O–H groups in total. The van der Waals surface area contributed by atoms with Crippen molar-refractivity contribution in [2.45, 2.75) is 0 Å². The Hall–Kier alpha value is -0.900. The van der Waals surface area contributed by atoms with E-state index in [-0.39, 0.29) is 4.91 Å². The molecule has 0 saturated carbocycles. The van der Waals surface area contributed by atoms with Gasteiger partial charge >= 0.3 is 5.97 Å². The van der Waals surface area contributed by atoms with Crippen LogP contribution in [0.1, 0.15) is 0 Å². The molecular formula is C5H4O3S. The molecule has 0 saturated heterocycles. The summed E-state index contributed by atoms with van der Waals surface area (Å²) in [6, 6.07) is 0. The highest BCUT2D eigenvalue weighted by atomic mass is 32.2. The Morgan fingerprint density at radius 3 is 2.89 bits per heavy atom.